The van der Waals surface area contributed by atoms with Crippen LogP contribution in [0.5, 0.6) is 5.75 Å². The number of hydrogen-bond acceptors (Lipinski definition) is 3. The Bertz CT molecular complexity index is 676. The molecule has 0 amide bonds. The first kappa shape index (κ1) is 13.6. The van der Waals surface area contributed by atoms with Crippen molar-refractivity contribution in [3.8, 4) is 5.75 Å². The maximum absolute atomic E-state index is 11.2. The van der Waals surface area contributed by atoms with Gasteiger partial charge in [0.1, 0.15) is 5.75 Å². The summed E-state index contributed by atoms with van der Waals surface area (Å²) in [6, 6.07) is 10.5. The van der Waals surface area contributed by atoms with E-state index >= 15 is 0 Å². The van der Waals surface area contributed by atoms with Crippen LogP contribution in [0.25, 0.3) is 0 Å². The third kappa shape index (κ3) is 2.95. The first-order valence-corrected chi connectivity index (χ1v) is 5.85. The lowest BCUT2D eigenvalue weighted by atomic mass is 9.97. The minimum Gasteiger partial charge on any atom is -0.508 e. The molecule has 0 unspecified atom stereocenters. The molecule has 0 aromatic heterocycles. The lowest BCUT2D eigenvalue weighted by molar-refractivity contribution is 0.0695. The molecule has 5 heteroatoms. The number of carboxylic acids is 2. The van der Waals surface area contributed by atoms with Crippen LogP contribution in [0.1, 0.15) is 31.8 Å². The summed E-state index contributed by atoms with van der Waals surface area (Å²) in [7, 11) is 0. The van der Waals surface area contributed by atoms with Gasteiger partial charge in [-0.15, -0.1) is 0 Å². The highest BCUT2D eigenvalue weighted by Gasteiger charge is 2.14. The summed E-state index contributed by atoms with van der Waals surface area (Å²) in [6.45, 7) is 0. The molecule has 0 spiro atoms. The summed E-state index contributed by atoms with van der Waals surface area (Å²) in [5.74, 6) is -2.25. The van der Waals surface area contributed by atoms with Crippen molar-refractivity contribution in [1.29, 1.82) is 0 Å². The normalized spacial score (nSPS) is 10.2. The molecule has 0 fully saturated rings. The summed E-state index contributed by atoms with van der Waals surface area (Å²) in [5.41, 5.74) is 1.12. The van der Waals surface area contributed by atoms with Crippen molar-refractivity contribution in [1.82, 2.24) is 0 Å². The standard InChI is InChI=1S/C15H12O5/c16-12-3-1-2-9(7-12)6-10-4-5-11(14(17)18)8-13(10)15(19)20/h1-5,7-8,16H,6H2,(H,17,18)(H,19,20). The molecule has 0 radical (unpaired) electrons. The van der Waals surface area contributed by atoms with E-state index < -0.39 is 11.9 Å². The molecule has 0 aliphatic heterocycles. The lowest BCUT2D eigenvalue weighted by Crippen LogP contribution is -2.06. The number of benzene rings is 2. The molecule has 0 bridgehead atoms. The summed E-state index contributed by atoms with van der Waals surface area (Å²) in [5, 5.41) is 27.4. The van der Waals surface area contributed by atoms with Crippen LogP contribution >= 0.6 is 0 Å². The van der Waals surface area contributed by atoms with Gasteiger partial charge in [-0.05, 0) is 41.8 Å². The number of aromatic hydroxyl groups is 1. The second-order valence-corrected chi connectivity index (χ2v) is 4.33. The Morgan fingerprint density at radius 2 is 1.70 bits per heavy atom. The number of aromatic carboxylic acids is 2. The van der Waals surface area contributed by atoms with Crippen LogP contribution in [0.15, 0.2) is 42.5 Å². The van der Waals surface area contributed by atoms with E-state index in [2.05, 4.69) is 0 Å². The maximum Gasteiger partial charge on any atom is 0.336 e. The number of carbonyl (C=O) groups is 2. The van der Waals surface area contributed by atoms with Gasteiger partial charge >= 0.3 is 11.9 Å². The third-order valence-electron chi connectivity index (χ3n) is 2.89. The maximum atomic E-state index is 11.2. The minimum absolute atomic E-state index is 0.0479. The van der Waals surface area contributed by atoms with Crippen molar-refractivity contribution < 1.29 is 24.9 Å². The first-order chi connectivity index (χ1) is 9.47. The Balaban J connectivity index is 2.41. The number of phenolic OH excluding ortho intramolecular Hbond substituents is 1. The summed E-state index contributed by atoms with van der Waals surface area (Å²) in [6.07, 6.45) is 0.302. The molecule has 0 saturated heterocycles. The van der Waals surface area contributed by atoms with Crippen molar-refractivity contribution in [2.75, 3.05) is 0 Å². The van der Waals surface area contributed by atoms with Gasteiger partial charge in [0.25, 0.3) is 0 Å². The second kappa shape index (κ2) is 5.44. The molecular weight excluding hydrogens is 260 g/mol. The largest absolute Gasteiger partial charge is 0.508 e. The van der Waals surface area contributed by atoms with Crippen LogP contribution < -0.4 is 0 Å². The Kier molecular flexibility index (Phi) is 3.70. The van der Waals surface area contributed by atoms with Crippen LogP contribution in [0.4, 0.5) is 0 Å². The smallest absolute Gasteiger partial charge is 0.336 e. The average molecular weight is 272 g/mol. The van der Waals surface area contributed by atoms with Gasteiger partial charge in [0.15, 0.2) is 0 Å². The predicted molar refractivity (Wildman–Crippen MR) is 71.3 cm³/mol. The van der Waals surface area contributed by atoms with E-state index in [9.17, 15) is 14.7 Å². The number of rotatable bonds is 4. The minimum atomic E-state index is -1.18. The van der Waals surface area contributed by atoms with Crippen molar-refractivity contribution in [2.45, 2.75) is 6.42 Å². The molecular formula is C15H12O5. The second-order valence-electron chi connectivity index (χ2n) is 4.33. The van der Waals surface area contributed by atoms with Gasteiger partial charge in [0.2, 0.25) is 0 Å². The Labute approximate surface area is 114 Å². The SMILES string of the molecule is O=C(O)c1ccc(Cc2cccc(O)c2)c(C(=O)O)c1. The fraction of sp³-hybridized carbons (Fsp3) is 0.0667. The summed E-state index contributed by atoms with van der Waals surface area (Å²) >= 11 is 0. The van der Waals surface area contributed by atoms with E-state index in [0.29, 0.717) is 12.0 Å². The van der Waals surface area contributed by atoms with Crippen LogP contribution in [0, 0.1) is 0 Å². The van der Waals surface area contributed by atoms with E-state index in [1.807, 2.05) is 0 Å². The molecule has 3 N–H and O–H groups in total. The fourth-order valence-electron chi connectivity index (χ4n) is 1.95. The van der Waals surface area contributed by atoms with Crippen molar-refractivity contribution >= 4 is 11.9 Å². The highest BCUT2D eigenvalue weighted by molar-refractivity contribution is 5.94. The number of hydrogen-bond donors (Lipinski definition) is 3. The molecule has 2 rings (SSSR count). The molecule has 0 atom stereocenters. The molecule has 5 nitrogen and oxygen atoms in total. The topological polar surface area (TPSA) is 94.8 Å². The van der Waals surface area contributed by atoms with Gasteiger partial charge in [-0.1, -0.05) is 18.2 Å². The van der Waals surface area contributed by atoms with Gasteiger partial charge in [-0.3, -0.25) is 0 Å². The van der Waals surface area contributed by atoms with Gasteiger partial charge in [-0.25, -0.2) is 9.59 Å². The highest BCUT2D eigenvalue weighted by Crippen LogP contribution is 2.19. The van der Waals surface area contributed by atoms with Crippen LogP contribution in [-0.4, -0.2) is 27.3 Å². The third-order valence-corrected chi connectivity index (χ3v) is 2.89. The molecule has 0 heterocycles. The van der Waals surface area contributed by atoms with Crippen molar-refractivity contribution in [3.63, 3.8) is 0 Å². The monoisotopic (exact) mass is 272 g/mol. The van der Waals surface area contributed by atoms with E-state index in [0.717, 1.165) is 11.6 Å². The molecule has 2 aromatic carbocycles. The molecule has 0 aliphatic rings. The Morgan fingerprint density at radius 1 is 0.950 bits per heavy atom. The van der Waals surface area contributed by atoms with Crippen molar-refractivity contribution in [2.24, 2.45) is 0 Å². The molecule has 2 aromatic rings. The Morgan fingerprint density at radius 3 is 2.30 bits per heavy atom. The highest BCUT2D eigenvalue weighted by atomic mass is 16.4. The van der Waals surface area contributed by atoms with E-state index in [1.165, 1.54) is 24.3 Å². The van der Waals surface area contributed by atoms with Crippen molar-refractivity contribution in [3.05, 3.63) is 64.7 Å². The van der Waals surface area contributed by atoms with Gasteiger partial charge in [0, 0.05) is 0 Å². The van der Waals surface area contributed by atoms with E-state index in [-0.39, 0.29) is 16.9 Å². The molecule has 20 heavy (non-hydrogen) atoms. The zero-order chi connectivity index (χ0) is 14.7. The molecule has 0 aliphatic carbocycles. The van der Waals surface area contributed by atoms with Crippen LogP contribution in [0.2, 0.25) is 0 Å². The zero-order valence-electron chi connectivity index (χ0n) is 10.4. The van der Waals surface area contributed by atoms with E-state index in [1.54, 1.807) is 12.1 Å². The van der Waals surface area contributed by atoms with E-state index in [4.69, 9.17) is 10.2 Å². The summed E-state index contributed by atoms with van der Waals surface area (Å²) in [4.78, 5) is 22.1. The molecule has 102 valence electrons. The average Bonchev–Trinajstić information content (AvgIpc) is 2.38. The van der Waals surface area contributed by atoms with Gasteiger partial charge in [-0.2, -0.15) is 0 Å². The Hall–Kier alpha value is -2.82. The molecule has 0 saturated carbocycles. The summed E-state index contributed by atoms with van der Waals surface area (Å²) < 4.78 is 0. The number of carboxylic acid groups (broad SMARTS) is 2. The fourth-order valence-corrected chi connectivity index (χ4v) is 1.95. The van der Waals surface area contributed by atoms with Gasteiger partial charge in [0.05, 0.1) is 11.1 Å². The lowest BCUT2D eigenvalue weighted by Gasteiger charge is -2.08. The predicted octanol–water partition coefficient (Wildman–Crippen LogP) is 2.38. The number of phenols is 1. The van der Waals surface area contributed by atoms with Crippen LogP contribution in [-0.2, 0) is 6.42 Å². The van der Waals surface area contributed by atoms with Gasteiger partial charge < -0.3 is 15.3 Å². The zero-order valence-corrected chi connectivity index (χ0v) is 10.4. The van der Waals surface area contributed by atoms with Crippen LogP contribution in [0.3, 0.4) is 0 Å². The quantitative estimate of drug-likeness (QED) is 0.794. The first-order valence-electron chi connectivity index (χ1n) is 5.85.